The van der Waals surface area contributed by atoms with Gasteiger partial charge in [0.2, 0.25) is 0 Å². The molecule has 0 aromatic heterocycles. The number of fused-ring (bicyclic) bond motifs is 2. The predicted molar refractivity (Wildman–Crippen MR) is 78.4 cm³/mol. The number of hydrogen-bond donors (Lipinski definition) is 1. The van der Waals surface area contributed by atoms with Crippen LogP contribution in [-0.2, 0) is 10.2 Å². The first-order valence-electron chi connectivity index (χ1n) is 6.49. The topological polar surface area (TPSA) is 37.3 Å². The third-order valence-electron chi connectivity index (χ3n) is 4.53. The van der Waals surface area contributed by atoms with E-state index in [1.807, 2.05) is 30.3 Å². The molecule has 0 saturated heterocycles. The summed E-state index contributed by atoms with van der Waals surface area (Å²) in [5.41, 5.74) is 1.19. The molecule has 3 aliphatic carbocycles. The van der Waals surface area contributed by atoms with Crippen molar-refractivity contribution in [1.82, 2.24) is 0 Å². The van der Waals surface area contributed by atoms with E-state index in [1.165, 1.54) is 0 Å². The molecule has 2 aromatic rings. The van der Waals surface area contributed by atoms with Gasteiger partial charge in [-0.2, -0.15) is 0 Å². The molecule has 3 aliphatic rings. The minimum absolute atomic E-state index is 0.145. The normalized spacial score (nSPS) is 24.8. The number of aliphatic carboxylic acids is 1. The van der Waals surface area contributed by atoms with E-state index in [1.54, 1.807) is 0 Å². The molecule has 1 saturated carbocycles. The second-order valence-corrected chi connectivity index (χ2v) is 6.26. The lowest BCUT2D eigenvalue weighted by atomic mass is 9.70. The van der Waals surface area contributed by atoms with Crippen molar-refractivity contribution in [3.8, 4) is 11.1 Å². The van der Waals surface area contributed by atoms with Crippen molar-refractivity contribution >= 4 is 29.2 Å². The van der Waals surface area contributed by atoms with Crippen molar-refractivity contribution in [3.63, 3.8) is 0 Å². The van der Waals surface area contributed by atoms with E-state index in [-0.39, 0.29) is 10.6 Å². The molecule has 1 N–H and O–H groups in total. The lowest BCUT2D eigenvalue weighted by molar-refractivity contribution is -0.138. The van der Waals surface area contributed by atoms with E-state index in [2.05, 4.69) is 0 Å². The number of halogens is 3. The van der Waals surface area contributed by atoms with Gasteiger partial charge in [-0.25, -0.2) is 4.39 Å². The predicted octanol–water partition coefficient (Wildman–Crippen LogP) is 4.50. The molecule has 0 aliphatic heterocycles. The van der Waals surface area contributed by atoms with Crippen LogP contribution in [0.2, 0.25) is 10.0 Å². The molecule has 0 heterocycles. The van der Waals surface area contributed by atoms with Crippen LogP contribution < -0.4 is 0 Å². The Morgan fingerprint density at radius 2 is 1.86 bits per heavy atom. The average Bonchev–Trinajstić information content (AvgIpc) is 3.21. The van der Waals surface area contributed by atoms with Crippen LogP contribution in [-0.4, -0.2) is 11.1 Å². The molecule has 2 unspecified atom stereocenters. The smallest absolute Gasteiger partial charge is 0.307 e. The van der Waals surface area contributed by atoms with E-state index in [9.17, 15) is 14.3 Å². The second kappa shape index (κ2) is 3.99. The van der Waals surface area contributed by atoms with E-state index >= 15 is 0 Å². The zero-order chi connectivity index (χ0) is 14.9. The average molecular weight is 323 g/mol. The molecule has 2 bridgehead atoms. The van der Waals surface area contributed by atoms with Gasteiger partial charge in [0.05, 0.1) is 16.0 Å². The molecule has 2 nitrogen and oxygen atoms in total. The van der Waals surface area contributed by atoms with Gasteiger partial charge < -0.3 is 5.11 Å². The largest absolute Gasteiger partial charge is 0.481 e. The lowest BCUT2D eigenvalue weighted by Crippen LogP contribution is -2.31. The quantitative estimate of drug-likeness (QED) is 0.826. The Kier molecular flexibility index (Phi) is 2.49. The monoisotopic (exact) mass is 322 g/mol. The Balaban J connectivity index is 2.00. The van der Waals surface area contributed by atoms with Crippen LogP contribution >= 0.6 is 23.2 Å². The summed E-state index contributed by atoms with van der Waals surface area (Å²) >= 11 is 12.5. The lowest BCUT2D eigenvalue weighted by Gasteiger charge is -2.35. The van der Waals surface area contributed by atoms with E-state index in [0.29, 0.717) is 22.6 Å². The number of carboxylic acid groups (broad SMARTS) is 1. The van der Waals surface area contributed by atoms with Gasteiger partial charge in [-0.1, -0.05) is 53.5 Å². The number of benzene rings is 2. The highest BCUT2D eigenvalue weighted by molar-refractivity contribution is 6.45. The van der Waals surface area contributed by atoms with Crippen LogP contribution in [0.1, 0.15) is 17.5 Å². The summed E-state index contributed by atoms with van der Waals surface area (Å²) in [5, 5.41) is 9.69. The Morgan fingerprint density at radius 1 is 1.19 bits per heavy atom. The molecule has 5 rings (SSSR count). The fourth-order valence-corrected chi connectivity index (χ4v) is 4.17. The fourth-order valence-electron chi connectivity index (χ4n) is 3.52. The Bertz CT molecular complexity index is 804. The van der Waals surface area contributed by atoms with Gasteiger partial charge in [-0.3, -0.25) is 4.79 Å². The Labute approximate surface area is 130 Å². The maximum atomic E-state index is 14.4. The first kappa shape index (κ1) is 13.1. The number of rotatable bonds is 2. The Hall–Kier alpha value is -1.58. The van der Waals surface area contributed by atoms with Crippen LogP contribution in [0, 0.1) is 11.7 Å². The molecule has 2 atom stereocenters. The minimum Gasteiger partial charge on any atom is -0.481 e. The third-order valence-corrected chi connectivity index (χ3v) is 5.39. The molecule has 0 amide bonds. The fraction of sp³-hybridized carbons (Fsp3) is 0.188. The molecule has 21 heavy (non-hydrogen) atoms. The summed E-state index contributed by atoms with van der Waals surface area (Å²) in [6, 6.07) is 9.13. The minimum atomic E-state index is -0.924. The van der Waals surface area contributed by atoms with Crippen LogP contribution in [0.15, 0.2) is 30.3 Å². The van der Waals surface area contributed by atoms with Gasteiger partial charge in [0.1, 0.15) is 5.82 Å². The summed E-state index contributed by atoms with van der Waals surface area (Å²) in [6.45, 7) is 0. The highest BCUT2D eigenvalue weighted by atomic mass is 35.5. The van der Waals surface area contributed by atoms with Crippen molar-refractivity contribution in [1.29, 1.82) is 0 Å². The van der Waals surface area contributed by atoms with Gasteiger partial charge in [0.15, 0.2) is 0 Å². The molecular formula is C16H9Cl2FO2. The summed E-state index contributed by atoms with van der Waals surface area (Å²) in [6.07, 6.45) is 0.386. The van der Waals surface area contributed by atoms with Crippen LogP contribution in [0.3, 0.4) is 0 Å². The van der Waals surface area contributed by atoms with Crippen molar-refractivity contribution in [3.05, 3.63) is 57.3 Å². The van der Waals surface area contributed by atoms with Gasteiger partial charge in [0.25, 0.3) is 0 Å². The van der Waals surface area contributed by atoms with Gasteiger partial charge in [0, 0.05) is 22.1 Å². The van der Waals surface area contributed by atoms with Crippen molar-refractivity contribution in [2.45, 2.75) is 11.8 Å². The van der Waals surface area contributed by atoms with Crippen LogP contribution in [0.4, 0.5) is 4.39 Å². The molecule has 1 spiro atoms. The first-order valence-corrected chi connectivity index (χ1v) is 7.25. The SMILES string of the molecule is O=C(O)C1CC12c1c(F)c2c(-c2ccccc2)c(Cl)c1Cl. The summed E-state index contributed by atoms with van der Waals surface area (Å²) in [5.74, 6) is -1.95. The van der Waals surface area contributed by atoms with Gasteiger partial charge in [-0.05, 0) is 12.0 Å². The Morgan fingerprint density at radius 3 is 2.43 bits per heavy atom. The first-order chi connectivity index (χ1) is 10.00. The summed E-state index contributed by atoms with van der Waals surface area (Å²) < 4.78 is 14.4. The molecule has 106 valence electrons. The molecular weight excluding hydrogens is 314 g/mol. The second-order valence-electron chi connectivity index (χ2n) is 5.50. The molecule has 1 fully saturated rings. The van der Waals surface area contributed by atoms with Crippen molar-refractivity contribution in [2.24, 2.45) is 5.92 Å². The molecule has 2 aromatic carbocycles. The summed E-state index contributed by atoms with van der Waals surface area (Å²) in [7, 11) is 0. The standard InChI is InChI=1S/C16H9Cl2FO2/c17-12-9(7-4-2-1-3-5-7)10-14(19)11(13(12)18)16(10)6-8(16)15(20)21/h1-5,8H,6H2,(H,20,21). The van der Waals surface area contributed by atoms with E-state index in [4.69, 9.17) is 23.2 Å². The summed E-state index contributed by atoms with van der Waals surface area (Å²) in [4.78, 5) is 11.3. The van der Waals surface area contributed by atoms with E-state index < -0.39 is 23.1 Å². The maximum absolute atomic E-state index is 14.4. The van der Waals surface area contributed by atoms with Gasteiger partial charge in [-0.15, -0.1) is 0 Å². The molecule has 5 heteroatoms. The van der Waals surface area contributed by atoms with Crippen molar-refractivity contribution < 1.29 is 14.3 Å². The number of carbonyl (C=O) groups is 1. The maximum Gasteiger partial charge on any atom is 0.307 e. The van der Waals surface area contributed by atoms with Crippen molar-refractivity contribution in [2.75, 3.05) is 0 Å². The number of carboxylic acids is 1. The zero-order valence-electron chi connectivity index (χ0n) is 10.7. The van der Waals surface area contributed by atoms with Crippen LogP contribution in [0.25, 0.3) is 11.1 Å². The highest BCUT2D eigenvalue weighted by Gasteiger charge is 2.70. The van der Waals surface area contributed by atoms with Gasteiger partial charge >= 0.3 is 5.97 Å². The number of hydrogen-bond acceptors (Lipinski definition) is 1. The highest BCUT2D eigenvalue weighted by Crippen LogP contribution is 2.71. The third kappa shape index (κ3) is 1.41. The van der Waals surface area contributed by atoms with Crippen LogP contribution in [0.5, 0.6) is 0 Å². The van der Waals surface area contributed by atoms with E-state index in [0.717, 1.165) is 5.56 Å². The zero-order valence-corrected chi connectivity index (χ0v) is 12.2. The molecule has 0 radical (unpaired) electrons.